The van der Waals surface area contributed by atoms with E-state index in [0.29, 0.717) is 0 Å². The third-order valence-electron chi connectivity index (χ3n) is 4.46. The van der Waals surface area contributed by atoms with Crippen LogP contribution in [0.4, 0.5) is 0 Å². The molecule has 116 valence electrons. The maximum Gasteiger partial charge on any atom is 0.358 e. The van der Waals surface area contributed by atoms with Crippen molar-refractivity contribution >= 4 is 17.1 Å². The Morgan fingerprint density at radius 2 is 1.08 bits per heavy atom. The van der Waals surface area contributed by atoms with Gasteiger partial charge in [-0.15, -0.1) is 0 Å². The third-order valence-corrected chi connectivity index (χ3v) is 4.46. The number of ketones is 2. The van der Waals surface area contributed by atoms with Crippen molar-refractivity contribution in [3.05, 3.63) is 101 Å². The van der Waals surface area contributed by atoms with Crippen LogP contribution in [0.3, 0.4) is 0 Å². The van der Waals surface area contributed by atoms with Gasteiger partial charge in [0.15, 0.2) is 0 Å². The van der Waals surface area contributed by atoms with Gasteiger partial charge in [0.2, 0.25) is 0 Å². The average Bonchev–Trinajstić information content (AvgIpc) is 2.66. The fourth-order valence-corrected chi connectivity index (χ4v) is 3.38. The highest BCUT2D eigenvalue weighted by atomic mass is 16.4. The van der Waals surface area contributed by atoms with Crippen LogP contribution < -0.4 is 0 Å². The van der Waals surface area contributed by atoms with Crippen LogP contribution in [0.5, 0.6) is 0 Å². The number of rotatable bonds is 0. The Morgan fingerprint density at radius 3 is 1.54 bits per heavy atom. The van der Waals surface area contributed by atoms with Crippen molar-refractivity contribution in [2.45, 2.75) is 0 Å². The molecule has 0 bridgehead atoms. The van der Waals surface area contributed by atoms with Crippen molar-refractivity contribution in [2.75, 3.05) is 14.2 Å². The number of carbonyl (C=O) groups excluding carboxylic acids is 2. The van der Waals surface area contributed by atoms with Gasteiger partial charge in [-0.05, 0) is 46.6 Å². The molecule has 0 aliphatic heterocycles. The van der Waals surface area contributed by atoms with Crippen LogP contribution in [-0.4, -0.2) is 25.8 Å². The highest BCUT2D eigenvalue weighted by molar-refractivity contribution is 6.19. The van der Waals surface area contributed by atoms with Gasteiger partial charge in [0.1, 0.15) is 0 Å². The molecule has 0 spiro atoms. The summed E-state index contributed by atoms with van der Waals surface area (Å²) in [6.45, 7) is 0. The number of allylic oxidation sites excluding steroid dienone is 5. The van der Waals surface area contributed by atoms with Crippen LogP contribution in [0.1, 0.15) is 26.7 Å². The fourth-order valence-electron chi connectivity index (χ4n) is 3.38. The number of hydrogen-bond donors (Lipinski definition) is 0. The van der Waals surface area contributed by atoms with E-state index in [4.69, 9.17) is 8.85 Å². The van der Waals surface area contributed by atoms with Crippen molar-refractivity contribution in [1.82, 2.24) is 0 Å². The number of hydrogen-bond acceptors (Lipinski definition) is 0. The standard InChI is InChI=1S/C22H18O2/c1-23-16-13-11-15(12-14-16)21-17-7-3-5-9-19(17)22(24-2)20-10-6-4-8-18(20)21/h3-14H,1-2H3/q+2. The van der Waals surface area contributed by atoms with Crippen LogP contribution in [0, 0.1) is 0 Å². The van der Waals surface area contributed by atoms with E-state index in [-0.39, 0.29) is 0 Å². The first-order valence-corrected chi connectivity index (χ1v) is 7.95. The van der Waals surface area contributed by atoms with Gasteiger partial charge in [0.05, 0.1) is 11.1 Å². The molecule has 0 N–H and O–H groups in total. The highest BCUT2D eigenvalue weighted by Crippen LogP contribution is 2.39. The Bertz CT molecular complexity index is 899. The molecule has 0 saturated heterocycles. The molecule has 0 atom stereocenters. The Labute approximate surface area is 141 Å². The maximum absolute atomic E-state index is 5.75. The molecule has 4 rings (SSSR count). The Balaban J connectivity index is 2.05. The van der Waals surface area contributed by atoms with Crippen molar-refractivity contribution in [3.8, 4) is 0 Å². The summed E-state index contributed by atoms with van der Waals surface area (Å²) >= 11 is 0. The van der Waals surface area contributed by atoms with Crippen LogP contribution in [-0.2, 0) is 4.42 Å². The SMILES string of the molecule is C[O+]=C1C=CC(=C2c3ccccc3C(=[O+]C)c3ccccc32)C=C1. The molecule has 2 aromatic rings. The van der Waals surface area contributed by atoms with Gasteiger partial charge in [-0.2, -0.15) is 0 Å². The molecule has 2 aliphatic carbocycles. The Hall–Kier alpha value is -3.00. The minimum Gasteiger partial charge on any atom is -0.258 e. The van der Waals surface area contributed by atoms with Crippen molar-refractivity contribution in [3.63, 3.8) is 0 Å². The maximum atomic E-state index is 5.75. The summed E-state index contributed by atoms with van der Waals surface area (Å²) in [6.07, 6.45) is 8.23. The van der Waals surface area contributed by atoms with E-state index in [1.807, 2.05) is 12.2 Å². The normalized spacial score (nSPS) is 15.2. The lowest BCUT2D eigenvalue weighted by Gasteiger charge is -2.21. The fraction of sp³-hybridized carbons (Fsp3) is 0.0909. The first-order valence-electron chi connectivity index (χ1n) is 7.95. The molecule has 0 radical (unpaired) electrons. The van der Waals surface area contributed by atoms with E-state index < -0.39 is 0 Å². The lowest BCUT2D eigenvalue weighted by Crippen LogP contribution is -2.16. The average molecular weight is 314 g/mol. The molecule has 2 nitrogen and oxygen atoms in total. The molecule has 0 unspecified atom stereocenters. The summed E-state index contributed by atoms with van der Waals surface area (Å²) in [4.78, 5) is 0. The topological polar surface area (TPSA) is 22.6 Å². The third kappa shape index (κ3) is 2.19. The summed E-state index contributed by atoms with van der Waals surface area (Å²) in [5.74, 6) is 1.79. The van der Waals surface area contributed by atoms with Crippen LogP contribution >= 0.6 is 0 Å². The summed E-state index contributed by atoms with van der Waals surface area (Å²) in [5, 5.41) is 0. The van der Waals surface area contributed by atoms with Crippen LogP contribution in [0.2, 0.25) is 0 Å². The predicted molar refractivity (Wildman–Crippen MR) is 97.5 cm³/mol. The molecule has 0 saturated carbocycles. The molecule has 0 aromatic heterocycles. The lowest BCUT2D eigenvalue weighted by atomic mass is 9.79. The lowest BCUT2D eigenvalue weighted by molar-refractivity contribution is -0.417. The monoisotopic (exact) mass is 314 g/mol. The van der Waals surface area contributed by atoms with Gasteiger partial charge in [0, 0.05) is 12.2 Å². The van der Waals surface area contributed by atoms with Gasteiger partial charge < -0.3 is 0 Å². The Morgan fingerprint density at radius 1 is 0.583 bits per heavy atom. The summed E-state index contributed by atoms with van der Waals surface area (Å²) < 4.78 is 11.0. The zero-order valence-corrected chi connectivity index (χ0v) is 13.7. The molecule has 2 aliphatic rings. The van der Waals surface area contributed by atoms with E-state index in [1.165, 1.54) is 22.3 Å². The first-order chi connectivity index (χ1) is 11.8. The second-order valence-corrected chi connectivity index (χ2v) is 5.73. The molecule has 0 amide bonds. The second kappa shape index (κ2) is 5.89. The minimum absolute atomic E-state index is 0.862. The molecule has 2 heteroatoms. The second-order valence-electron chi connectivity index (χ2n) is 5.73. The van der Waals surface area contributed by atoms with Gasteiger partial charge in [-0.1, -0.05) is 36.4 Å². The molecule has 2 aromatic carbocycles. The predicted octanol–water partition coefficient (Wildman–Crippen LogP) is 4.06. The quantitative estimate of drug-likeness (QED) is 0.559. The summed E-state index contributed by atoms with van der Waals surface area (Å²) in [6, 6.07) is 16.8. The minimum atomic E-state index is 0.862. The Kier molecular flexibility index (Phi) is 3.58. The molecule has 0 heterocycles. The van der Waals surface area contributed by atoms with Crippen molar-refractivity contribution in [2.24, 2.45) is 0 Å². The number of fused-ring (bicyclic) bond motifs is 2. The zero-order valence-electron chi connectivity index (χ0n) is 13.7. The molecular weight excluding hydrogens is 296 g/mol. The largest absolute Gasteiger partial charge is 0.358 e. The molecule has 0 fully saturated rings. The zero-order chi connectivity index (χ0) is 16.5. The first kappa shape index (κ1) is 14.6. The van der Waals surface area contributed by atoms with Gasteiger partial charge in [-0.25, -0.2) is 0 Å². The van der Waals surface area contributed by atoms with Crippen LogP contribution in [0.25, 0.3) is 5.57 Å². The smallest absolute Gasteiger partial charge is 0.258 e. The van der Waals surface area contributed by atoms with Crippen molar-refractivity contribution < 1.29 is 8.85 Å². The van der Waals surface area contributed by atoms with Gasteiger partial charge >= 0.3 is 11.6 Å². The van der Waals surface area contributed by atoms with E-state index in [9.17, 15) is 0 Å². The molecule has 24 heavy (non-hydrogen) atoms. The van der Waals surface area contributed by atoms with Crippen LogP contribution in [0.15, 0.2) is 78.4 Å². The number of benzene rings is 2. The van der Waals surface area contributed by atoms with E-state index in [1.54, 1.807) is 14.2 Å². The summed E-state index contributed by atoms with van der Waals surface area (Å²) in [7, 11) is 3.43. The van der Waals surface area contributed by atoms with Crippen molar-refractivity contribution in [1.29, 1.82) is 0 Å². The van der Waals surface area contributed by atoms with E-state index in [2.05, 4.69) is 60.7 Å². The summed E-state index contributed by atoms with van der Waals surface area (Å²) in [5.41, 5.74) is 7.04. The van der Waals surface area contributed by atoms with E-state index in [0.717, 1.165) is 22.7 Å². The molecular formula is C22H18O2+2. The van der Waals surface area contributed by atoms with Gasteiger partial charge in [0.25, 0.3) is 14.2 Å². The van der Waals surface area contributed by atoms with E-state index >= 15 is 0 Å². The van der Waals surface area contributed by atoms with Gasteiger partial charge in [-0.3, -0.25) is 8.85 Å². The highest BCUT2D eigenvalue weighted by Gasteiger charge is 2.33.